The highest BCUT2D eigenvalue weighted by Gasteiger charge is 2.31. The Hall–Kier alpha value is -2.18. The lowest BCUT2D eigenvalue weighted by atomic mass is 10.1. The van der Waals surface area contributed by atoms with E-state index in [9.17, 15) is 4.79 Å². The molecule has 1 aliphatic carbocycles. The summed E-state index contributed by atoms with van der Waals surface area (Å²) < 4.78 is 11.2. The molecule has 3 heterocycles. The molecule has 0 spiro atoms. The standard InChI is InChI=1S/C21H27N3O3/c25-21(18-4-3-8-22-12-18)24(19-5-1-2-6-19)15-20-14-23(9-11-27-20)13-17-7-10-26-16-17/h3-4,7-8,10,12,16,19-20H,1-2,5-6,9,11,13-15H2. The van der Waals surface area contributed by atoms with Crippen molar-refractivity contribution in [2.75, 3.05) is 26.2 Å². The maximum Gasteiger partial charge on any atom is 0.255 e. The zero-order valence-electron chi connectivity index (χ0n) is 15.6. The average molecular weight is 369 g/mol. The Morgan fingerprint density at radius 1 is 1.30 bits per heavy atom. The largest absolute Gasteiger partial charge is 0.472 e. The van der Waals surface area contributed by atoms with Gasteiger partial charge in [0.15, 0.2) is 0 Å². The van der Waals surface area contributed by atoms with Gasteiger partial charge in [0, 0.05) is 50.2 Å². The zero-order chi connectivity index (χ0) is 18.5. The first-order chi connectivity index (χ1) is 13.3. The van der Waals surface area contributed by atoms with Crippen LogP contribution in [-0.2, 0) is 11.3 Å². The third-order valence-corrected chi connectivity index (χ3v) is 5.54. The quantitative estimate of drug-likeness (QED) is 0.783. The molecule has 0 bridgehead atoms. The highest BCUT2D eigenvalue weighted by atomic mass is 16.5. The SMILES string of the molecule is O=C(c1cccnc1)N(CC1CN(Cc2ccoc2)CCO1)C1CCCC1. The Morgan fingerprint density at radius 3 is 2.93 bits per heavy atom. The Balaban J connectivity index is 1.43. The van der Waals surface area contributed by atoms with Crippen LogP contribution in [0.1, 0.15) is 41.6 Å². The number of amides is 1. The van der Waals surface area contributed by atoms with E-state index in [1.165, 1.54) is 18.4 Å². The average Bonchev–Trinajstić information content (AvgIpc) is 3.41. The van der Waals surface area contributed by atoms with Crippen molar-refractivity contribution < 1.29 is 13.9 Å². The molecule has 2 aromatic heterocycles. The van der Waals surface area contributed by atoms with Gasteiger partial charge in [-0.3, -0.25) is 14.7 Å². The third-order valence-electron chi connectivity index (χ3n) is 5.54. The zero-order valence-corrected chi connectivity index (χ0v) is 15.6. The highest BCUT2D eigenvalue weighted by molar-refractivity contribution is 5.94. The van der Waals surface area contributed by atoms with Crippen molar-refractivity contribution in [1.29, 1.82) is 0 Å². The number of pyridine rings is 1. The molecule has 0 aromatic carbocycles. The van der Waals surface area contributed by atoms with Gasteiger partial charge in [-0.05, 0) is 31.0 Å². The predicted molar refractivity (Wildman–Crippen MR) is 101 cm³/mol. The fraction of sp³-hybridized carbons (Fsp3) is 0.524. The van der Waals surface area contributed by atoms with Crippen molar-refractivity contribution in [2.24, 2.45) is 0 Å². The number of hydrogen-bond acceptors (Lipinski definition) is 5. The summed E-state index contributed by atoms with van der Waals surface area (Å²) in [6, 6.07) is 5.99. The topological polar surface area (TPSA) is 58.8 Å². The van der Waals surface area contributed by atoms with E-state index in [2.05, 4.69) is 9.88 Å². The van der Waals surface area contributed by atoms with Gasteiger partial charge in [-0.1, -0.05) is 12.8 Å². The molecular formula is C21H27N3O3. The minimum atomic E-state index is 0.0341. The molecule has 1 saturated heterocycles. The molecule has 2 aromatic rings. The first-order valence-electron chi connectivity index (χ1n) is 9.85. The molecule has 1 saturated carbocycles. The van der Waals surface area contributed by atoms with E-state index < -0.39 is 0 Å². The number of ether oxygens (including phenoxy) is 1. The number of carbonyl (C=O) groups excluding carboxylic acids is 1. The summed E-state index contributed by atoms with van der Waals surface area (Å²) in [5.41, 5.74) is 1.84. The first kappa shape index (κ1) is 18.2. The molecule has 1 amide bonds. The van der Waals surface area contributed by atoms with Crippen molar-refractivity contribution in [3.63, 3.8) is 0 Å². The van der Waals surface area contributed by atoms with Crippen LogP contribution in [0.15, 0.2) is 47.5 Å². The molecule has 6 nitrogen and oxygen atoms in total. The van der Waals surface area contributed by atoms with Crippen LogP contribution in [0.4, 0.5) is 0 Å². The van der Waals surface area contributed by atoms with Gasteiger partial charge >= 0.3 is 0 Å². The third kappa shape index (κ3) is 4.57. The van der Waals surface area contributed by atoms with Crippen LogP contribution in [-0.4, -0.2) is 59.1 Å². The molecule has 144 valence electrons. The van der Waals surface area contributed by atoms with Gasteiger partial charge in [0.05, 0.1) is 30.8 Å². The summed E-state index contributed by atoms with van der Waals surface area (Å²) in [4.78, 5) is 21.7. The highest BCUT2D eigenvalue weighted by Crippen LogP contribution is 2.26. The lowest BCUT2D eigenvalue weighted by Gasteiger charge is -2.37. The van der Waals surface area contributed by atoms with Crippen molar-refractivity contribution in [2.45, 2.75) is 44.4 Å². The molecule has 0 radical (unpaired) electrons. The summed E-state index contributed by atoms with van der Waals surface area (Å²) in [5, 5.41) is 0. The fourth-order valence-corrected chi connectivity index (χ4v) is 4.16. The van der Waals surface area contributed by atoms with E-state index in [4.69, 9.17) is 9.15 Å². The van der Waals surface area contributed by atoms with Crippen LogP contribution in [0.5, 0.6) is 0 Å². The Bertz CT molecular complexity index is 714. The van der Waals surface area contributed by atoms with Crippen molar-refractivity contribution >= 4 is 5.91 Å². The van der Waals surface area contributed by atoms with Gasteiger partial charge in [0.2, 0.25) is 0 Å². The van der Waals surface area contributed by atoms with E-state index in [1.54, 1.807) is 24.9 Å². The predicted octanol–water partition coefficient (Wildman–Crippen LogP) is 2.96. The Labute approximate surface area is 160 Å². The smallest absolute Gasteiger partial charge is 0.255 e. The van der Waals surface area contributed by atoms with Crippen LogP contribution in [0.3, 0.4) is 0 Å². The van der Waals surface area contributed by atoms with Crippen LogP contribution in [0, 0.1) is 0 Å². The van der Waals surface area contributed by atoms with E-state index in [1.807, 2.05) is 23.1 Å². The lowest BCUT2D eigenvalue weighted by molar-refractivity contribution is -0.0468. The van der Waals surface area contributed by atoms with Crippen LogP contribution in [0.2, 0.25) is 0 Å². The summed E-state index contributed by atoms with van der Waals surface area (Å²) in [5.74, 6) is 0.0746. The van der Waals surface area contributed by atoms with Crippen molar-refractivity contribution in [3.05, 3.63) is 54.2 Å². The number of morpholine rings is 1. The molecular weight excluding hydrogens is 342 g/mol. The van der Waals surface area contributed by atoms with E-state index in [-0.39, 0.29) is 12.0 Å². The molecule has 0 N–H and O–H groups in total. The number of nitrogens with zero attached hydrogens (tertiary/aromatic N) is 3. The summed E-state index contributed by atoms with van der Waals surface area (Å²) in [6.07, 6.45) is 11.5. The Kier molecular flexibility index (Phi) is 5.84. The number of rotatable bonds is 6. The number of hydrogen-bond donors (Lipinski definition) is 0. The lowest BCUT2D eigenvalue weighted by Crippen LogP contribution is -2.50. The number of furan rings is 1. The van der Waals surface area contributed by atoms with Crippen LogP contribution < -0.4 is 0 Å². The van der Waals surface area contributed by atoms with Gasteiger partial charge < -0.3 is 14.1 Å². The molecule has 4 rings (SSSR count). The molecule has 1 aliphatic heterocycles. The van der Waals surface area contributed by atoms with E-state index in [0.29, 0.717) is 24.8 Å². The van der Waals surface area contributed by atoms with Crippen LogP contribution >= 0.6 is 0 Å². The minimum absolute atomic E-state index is 0.0341. The molecule has 2 fully saturated rings. The van der Waals surface area contributed by atoms with Gasteiger partial charge in [0.1, 0.15) is 0 Å². The molecule has 1 unspecified atom stereocenters. The van der Waals surface area contributed by atoms with Gasteiger partial charge in [-0.25, -0.2) is 0 Å². The molecule has 1 atom stereocenters. The monoisotopic (exact) mass is 369 g/mol. The summed E-state index contributed by atoms with van der Waals surface area (Å²) >= 11 is 0. The maximum absolute atomic E-state index is 13.1. The number of carbonyl (C=O) groups is 1. The van der Waals surface area contributed by atoms with Gasteiger partial charge in [-0.2, -0.15) is 0 Å². The normalized spacial score (nSPS) is 21.4. The molecule has 27 heavy (non-hydrogen) atoms. The van der Waals surface area contributed by atoms with Crippen LogP contribution in [0.25, 0.3) is 0 Å². The van der Waals surface area contributed by atoms with Crippen molar-refractivity contribution in [1.82, 2.24) is 14.8 Å². The van der Waals surface area contributed by atoms with Crippen molar-refractivity contribution in [3.8, 4) is 0 Å². The van der Waals surface area contributed by atoms with E-state index >= 15 is 0 Å². The van der Waals surface area contributed by atoms with Gasteiger partial charge in [0.25, 0.3) is 5.91 Å². The number of aromatic nitrogens is 1. The Morgan fingerprint density at radius 2 is 2.19 bits per heavy atom. The summed E-state index contributed by atoms with van der Waals surface area (Å²) in [7, 11) is 0. The van der Waals surface area contributed by atoms with Gasteiger partial charge in [-0.15, -0.1) is 0 Å². The molecule has 6 heteroatoms. The molecule has 2 aliphatic rings. The summed E-state index contributed by atoms with van der Waals surface area (Å²) in [6.45, 7) is 3.93. The second-order valence-corrected chi connectivity index (χ2v) is 7.50. The van der Waals surface area contributed by atoms with E-state index in [0.717, 1.165) is 32.5 Å². The maximum atomic E-state index is 13.1. The minimum Gasteiger partial charge on any atom is -0.472 e. The fourth-order valence-electron chi connectivity index (χ4n) is 4.16. The second kappa shape index (κ2) is 8.67. The second-order valence-electron chi connectivity index (χ2n) is 7.50. The first-order valence-corrected chi connectivity index (χ1v) is 9.85.